The van der Waals surface area contributed by atoms with Crippen molar-refractivity contribution in [3.05, 3.63) is 53.6 Å². The number of nitrogens with one attached hydrogen (secondary N) is 1. The van der Waals surface area contributed by atoms with E-state index < -0.39 is 5.82 Å². The number of benzene rings is 2. The van der Waals surface area contributed by atoms with Crippen molar-refractivity contribution in [3.63, 3.8) is 0 Å². The fraction of sp³-hybridized carbons (Fsp3) is 0.222. The van der Waals surface area contributed by atoms with Gasteiger partial charge in [0.25, 0.3) is 0 Å². The van der Waals surface area contributed by atoms with Crippen LogP contribution in [0.15, 0.2) is 36.7 Å². The van der Waals surface area contributed by atoms with Crippen LogP contribution in [0.5, 0.6) is 11.5 Å². The van der Waals surface area contributed by atoms with Gasteiger partial charge < -0.3 is 14.8 Å². The van der Waals surface area contributed by atoms with Crippen molar-refractivity contribution in [2.24, 2.45) is 0 Å². The lowest BCUT2D eigenvalue weighted by Crippen LogP contribution is -2.04. The Morgan fingerprint density at radius 1 is 1.04 bits per heavy atom. The van der Waals surface area contributed by atoms with Gasteiger partial charge in [0.05, 0.1) is 19.7 Å². The number of aryl methyl sites for hydroxylation is 1. The van der Waals surface area contributed by atoms with E-state index >= 15 is 0 Å². The molecule has 0 aliphatic rings. The van der Waals surface area contributed by atoms with Crippen LogP contribution in [-0.4, -0.2) is 24.2 Å². The van der Waals surface area contributed by atoms with E-state index in [0.29, 0.717) is 23.3 Å². The number of nitrogens with zero attached hydrogens (tertiary/aromatic N) is 2. The Bertz CT molecular complexity index is 884. The van der Waals surface area contributed by atoms with E-state index in [2.05, 4.69) is 15.3 Å². The summed E-state index contributed by atoms with van der Waals surface area (Å²) in [6.45, 7) is 2.54. The molecule has 24 heavy (non-hydrogen) atoms. The molecule has 1 heterocycles. The molecule has 3 rings (SSSR count). The highest BCUT2D eigenvalue weighted by Crippen LogP contribution is 2.28. The number of fused-ring (bicyclic) bond motifs is 1. The predicted molar refractivity (Wildman–Crippen MR) is 91.1 cm³/mol. The van der Waals surface area contributed by atoms with Crippen LogP contribution >= 0.6 is 0 Å². The zero-order chi connectivity index (χ0) is 17.1. The number of aromatic nitrogens is 2. The minimum Gasteiger partial charge on any atom is -0.496 e. The van der Waals surface area contributed by atoms with Crippen molar-refractivity contribution >= 4 is 16.7 Å². The van der Waals surface area contributed by atoms with Crippen molar-refractivity contribution in [2.75, 3.05) is 19.5 Å². The lowest BCUT2D eigenvalue weighted by atomic mass is 10.1. The van der Waals surface area contributed by atoms with Crippen molar-refractivity contribution in [1.82, 2.24) is 9.97 Å². The lowest BCUT2D eigenvalue weighted by Gasteiger charge is -2.12. The summed E-state index contributed by atoms with van der Waals surface area (Å²) in [4.78, 5) is 8.37. The Morgan fingerprint density at radius 3 is 2.58 bits per heavy atom. The first-order valence-electron chi connectivity index (χ1n) is 7.48. The number of hydrogen-bond acceptors (Lipinski definition) is 5. The predicted octanol–water partition coefficient (Wildman–Crippen LogP) is 3.71. The van der Waals surface area contributed by atoms with E-state index in [1.54, 1.807) is 13.2 Å². The van der Waals surface area contributed by atoms with Gasteiger partial charge in [0.1, 0.15) is 17.9 Å². The van der Waals surface area contributed by atoms with Gasteiger partial charge in [-0.15, -0.1) is 0 Å². The van der Waals surface area contributed by atoms with E-state index in [1.807, 2.05) is 25.1 Å². The molecule has 124 valence electrons. The van der Waals surface area contributed by atoms with Crippen LogP contribution < -0.4 is 14.8 Å². The van der Waals surface area contributed by atoms with E-state index in [-0.39, 0.29) is 5.75 Å². The smallest absolute Gasteiger partial charge is 0.167 e. The van der Waals surface area contributed by atoms with E-state index in [4.69, 9.17) is 9.47 Å². The maximum Gasteiger partial charge on any atom is 0.167 e. The van der Waals surface area contributed by atoms with Crippen LogP contribution in [0.2, 0.25) is 0 Å². The number of ether oxygens (including phenoxy) is 2. The van der Waals surface area contributed by atoms with Gasteiger partial charge in [-0.2, -0.15) is 0 Å². The maximum absolute atomic E-state index is 13.8. The Morgan fingerprint density at radius 2 is 1.83 bits per heavy atom. The van der Waals surface area contributed by atoms with Gasteiger partial charge >= 0.3 is 0 Å². The lowest BCUT2D eigenvalue weighted by molar-refractivity contribution is 0.387. The van der Waals surface area contributed by atoms with E-state index in [1.165, 1.54) is 19.5 Å². The standard InChI is InChI=1S/C18H18FN3O2/c1-11-4-5-12(16(6-11)23-2)9-20-18-13-7-17(24-3)14(19)8-15(13)21-10-22-18/h4-8,10H,9H2,1-3H3,(H,20,21,22). The van der Waals surface area contributed by atoms with Crippen molar-refractivity contribution in [1.29, 1.82) is 0 Å². The monoisotopic (exact) mass is 327 g/mol. The largest absolute Gasteiger partial charge is 0.496 e. The van der Waals surface area contributed by atoms with Gasteiger partial charge in [-0.05, 0) is 24.6 Å². The zero-order valence-corrected chi connectivity index (χ0v) is 13.8. The summed E-state index contributed by atoms with van der Waals surface area (Å²) in [6, 6.07) is 8.95. The summed E-state index contributed by atoms with van der Waals surface area (Å²) in [5.41, 5.74) is 2.65. The van der Waals surface area contributed by atoms with Gasteiger partial charge in [-0.3, -0.25) is 0 Å². The second-order valence-corrected chi connectivity index (χ2v) is 5.40. The molecule has 0 spiro atoms. The third-order valence-corrected chi connectivity index (χ3v) is 3.80. The first-order chi connectivity index (χ1) is 11.6. The molecular weight excluding hydrogens is 309 g/mol. The molecule has 6 heteroatoms. The fourth-order valence-corrected chi connectivity index (χ4v) is 2.53. The van der Waals surface area contributed by atoms with Crippen LogP contribution in [0.3, 0.4) is 0 Å². The van der Waals surface area contributed by atoms with Crippen molar-refractivity contribution < 1.29 is 13.9 Å². The number of rotatable bonds is 5. The molecule has 1 aromatic heterocycles. The molecule has 0 atom stereocenters. The highest BCUT2D eigenvalue weighted by Gasteiger charge is 2.11. The van der Waals surface area contributed by atoms with Gasteiger partial charge in [0, 0.05) is 23.6 Å². The Kier molecular flexibility index (Phi) is 4.46. The minimum absolute atomic E-state index is 0.160. The normalized spacial score (nSPS) is 10.7. The summed E-state index contributed by atoms with van der Waals surface area (Å²) < 4.78 is 24.3. The molecule has 0 saturated heterocycles. The first kappa shape index (κ1) is 16.0. The van der Waals surface area contributed by atoms with Crippen LogP contribution in [0, 0.1) is 12.7 Å². The van der Waals surface area contributed by atoms with Crippen molar-refractivity contribution in [2.45, 2.75) is 13.5 Å². The molecule has 0 aliphatic carbocycles. The van der Waals surface area contributed by atoms with E-state index in [0.717, 1.165) is 16.9 Å². The average molecular weight is 327 g/mol. The molecule has 0 aliphatic heterocycles. The van der Waals surface area contributed by atoms with Crippen LogP contribution in [-0.2, 0) is 6.54 Å². The third-order valence-electron chi connectivity index (χ3n) is 3.80. The van der Waals surface area contributed by atoms with Crippen LogP contribution in [0.1, 0.15) is 11.1 Å². The first-order valence-corrected chi connectivity index (χ1v) is 7.48. The second-order valence-electron chi connectivity index (χ2n) is 5.40. The summed E-state index contributed by atoms with van der Waals surface area (Å²) in [7, 11) is 3.07. The number of hydrogen-bond donors (Lipinski definition) is 1. The Balaban J connectivity index is 1.93. The summed E-state index contributed by atoms with van der Waals surface area (Å²) in [5, 5.41) is 3.96. The van der Waals surface area contributed by atoms with Gasteiger partial charge in [-0.1, -0.05) is 12.1 Å². The summed E-state index contributed by atoms with van der Waals surface area (Å²) in [6.07, 6.45) is 1.41. The Labute approximate surface area is 139 Å². The van der Waals surface area contributed by atoms with Crippen molar-refractivity contribution in [3.8, 4) is 11.5 Å². The number of methoxy groups -OCH3 is 2. The molecule has 1 N–H and O–H groups in total. The van der Waals surface area contributed by atoms with Gasteiger partial charge in [0.15, 0.2) is 11.6 Å². The quantitative estimate of drug-likeness (QED) is 0.774. The summed E-state index contributed by atoms with van der Waals surface area (Å²) >= 11 is 0. The molecular formula is C18H18FN3O2. The van der Waals surface area contributed by atoms with Crippen LogP contribution in [0.25, 0.3) is 10.9 Å². The molecule has 0 radical (unpaired) electrons. The number of halogens is 1. The van der Waals surface area contributed by atoms with E-state index in [9.17, 15) is 4.39 Å². The molecule has 0 unspecified atom stereocenters. The maximum atomic E-state index is 13.8. The van der Waals surface area contributed by atoms with Gasteiger partial charge in [0.2, 0.25) is 0 Å². The topological polar surface area (TPSA) is 56.3 Å². The second kappa shape index (κ2) is 6.70. The molecule has 0 fully saturated rings. The molecule has 2 aromatic carbocycles. The molecule has 3 aromatic rings. The highest BCUT2D eigenvalue weighted by atomic mass is 19.1. The third kappa shape index (κ3) is 3.08. The van der Waals surface area contributed by atoms with Gasteiger partial charge in [-0.25, -0.2) is 14.4 Å². The minimum atomic E-state index is -0.449. The molecule has 0 bridgehead atoms. The highest BCUT2D eigenvalue weighted by molar-refractivity contribution is 5.90. The molecule has 0 amide bonds. The fourth-order valence-electron chi connectivity index (χ4n) is 2.53. The molecule has 5 nitrogen and oxygen atoms in total. The summed E-state index contributed by atoms with van der Waals surface area (Å²) in [5.74, 6) is 1.13. The SMILES string of the molecule is COc1cc2c(NCc3ccc(C)cc3OC)ncnc2cc1F. The van der Waals surface area contributed by atoms with Crippen LogP contribution in [0.4, 0.5) is 10.2 Å². The zero-order valence-electron chi connectivity index (χ0n) is 13.8. The Hall–Kier alpha value is -2.89. The molecule has 0 saturated carbocycles. The average Bonchev–Trinajstić information content (AvgIpc) is 2.59. The number of anilines is 1.